The molecule has 4 heteroatoms. The maximum atomic E-state index is 6.56. The lowest BCUT2D eigenvalue weighted by Crippen LogP contribution is -2.23. The van der Waals surface area contributed by atoms with Crippen molar-refractivity contribution in [3.63, 3.8) is 0 Å². The van der Waals surface area contributed by atoms with Gasteiger partial charge < -0.3 is 10.3 Å². The zero-order valence-corrected chi connectivity index (χ0v) is 13.6. The number of hydrogen-bond donors (Lipinski definition) is 1. The second-order valence-electron chi connectivity index (χ2n) is 6.65. The van der Waals surface area contributed by atoms with Crippen molar-refractivity contribution in [3.05, 3.63) is 64.8 Å². The molecule has 0 saturated heterocycles. The molecule has 0 fully saturated rings. The summed E-state index contributed by atoms with van der Waals surface area (Å²) in [6.45, 7) is 5.96. The minimum Gasteiger partial charge on any atom is -0.398 e. The summed E-state index contributed by atoms with van der Waals surface area (Å²) < 4.78 is 5.15. The number of anilines is 1. The second kappa shape index (κ2) is 4.69. The molecule has 1 aliphatic rings. The predicted molar refractivity (Wildman–Crippen MR) is 90.3 cm³/mol. The Bertz CT molecular complexity index is 909. The van der Waals surface area contributed by atoms with Gasteiger partial charge >= 0.3 is 0 Å². The van der Waals surface area contributed by atoms with E-state index in [1.165, 1.54) is 22.3 Å². The summed E-state index contributed by atoms with van der Waals surface area (Å²) in [5.41, 5.74) is 13.1. The molecule has 0 bridgehead atoms. The van der Waals surface area contributed by atoms with Gasteiger partial charge in [-0.2, -0.15) is 4.98 Å². The molecular weight excluding hydrogens is 286 g/mol. The monoisotopic (exact) mass is 305 g/mol. The van der Waals surface area contributed by atoms with Gasteiger partial charge in [0.05, 0.1) is 5.41 Å². The Balaban J connectivity index is 1.86. The highest BCUT2D eigenvalue weighted by atomic mass is 16.5. The summed E-state index contributed by atoms with van der Waals surface area (Å²) in [4.78, 5) is 4.40. The Morgan fingerprint density at radius 3 is 2.61 bits per heavy atom. The lowest BCUT2D eigenvalue weighted by molar-refractivity contribution is 0.378. The van der Waals surface area contributed by atoms with Gasteiger partial charge in [-0.3, -0.25) is 0 Å². The van der Waals surface area contributed by atoms with E-state index in [1.54, 1.807) is 6.92 Å². The summed E-state index contributed by atoms with van der Waals surface area (Å²) in [6.07, 6.45) is 0.881. The van der Waals surface area contributed by atoms with Gasteiger partial charge in [0.15, 0.2) is 5.82 Å². The Kier molecular flexibility index (Phi) is 2.85. The quantitative estimate of drug-likeness (QED) is 0.571. The van der Waals surface area contributed by atoms with E-state index in [-0.39, 0.29) is 0 Å². The Morgan fingerprint density at radius 1 is 1.09 bits per heavy atom. The third kappa shape index (κ3) is 1.98. The number of fused-ring (bicyclic) bond motifs is 3. The average molecular weight is 305 g/mol. The van der Waals surface area contributed by atoms with E-state index in [0.29, 0.717) is 11.7 Å². The van der Waals surface area contributed by atoms with Gasteiger partial charge in [-0.15, -0.1) is 0 Å². The van der Waals surface area contributed by atoms with Crippen LogP contribution in [0.2, 0.25) is 0 Å². The molecule has 116 valence electrons. The highest BCUT2D eigenvalue weighted by Gasteiger charge is 2.33. The maximum Gasteiger partial charge on any atom is 0.223 e. The minimum atomic E-state index is -0.397. The van der Waals surface area contributed by atoms with E-state index in [9.17, 15) is 0 Å². The van der Waals surface area contributed by atoms with Crippen LogP contribution < -0.4 is 5.73 Å². The van der Waals surface area contributed by atoms with Gasteiger partial charge in [-0.25, -0.2) is 0 Å². The number of aryl methyl sites for hydroxylation is 1. The van der Waals surface area contributed by atoms with Crippen LogP contribution in [0.15, 0.2) is 40.9 Å². The first-order valence-corrected chi connectivity index (χ1v) is 7.79. The van der Waals surface area contributed by atoms with Crippen LogP contribution in [0.1, 0.15) is 42.3 Å². The maximum absolute atomic E-state index is 6.56. The van der Waals surface area contributed by atoms with Crippen LogP contribution in [0.25, 0.3) is 11.1 Å². The van der Waals surface area contributed by atoms with E-state index in [4.69, 9.17) is 10.3 Å². The molecule has 1 heterocycles. The number of hydrogen-bond acceptors (Lipinski definition) is 4. The van der Waals surface area contributed by atoms with Crippen molar-refractivity contribution in [1.82, 2.24) is 10.1 Å². The van der Waals surface area contributed by atoms with Crippen molar-refractivity contribution in [3.8, 4) is 11.1 Å². The van der Waals surface area contributed by atoms with E-state index in [1.807, 2.05) is 0 Å². The Labute approximate surface area is 135 Å². The molecule has 0 spiro atoms. The van der Waals surface area contributed by atoms with Gasteiger partial charge in [0, 0.05) is 19.0 Å². The molecule has 4 rings (SSSR count). The lowest BCUT2D eigenvalue weighted by atomic mass is 9.81. The highest BCUT2D eigenvalue weighted by Crippen LogP contribution is 2.44. The molecule has 2 N–H and O–H groups in total. The van der Waals surface area contributed by atoms with Crippen molar-refractivity contribution >= 4 is 5.69 Å². The summed E-state index contributed by atoms with van der Waals surface area (Å²) in [6, 6.07) is 12.7. The zero-order chi connectivity index (χ0) is 16.2. The molecular formula is C19H19N3O. The van der Waals surface area contributed by atoms with E-state index >= 15 is 0 Å². The first-order valence-electron chi connectivity index (χ1n) is 7.79. The molecule has 0 amide bonds. The summed E-state index contributed by atoms with van der Waals surface area (Å²) >= 11 is 0. The third-order valence-corrected chi connectivity index (χ3v) is 4.79. The van der Waals surface area contributed by atoms with Crippen LogP contribution in [0, 0.1) is 6.92 Å². The molecule has 0 atom stereocenters. The first-order chi connectivity index (χ1) is 11.0. The molecule has 2 aromatic carbocycles. The number of benzene rings is 2. The molecule has 1 aromatic heterocycles. The molecule has 0 radical (unpaired) electrons. The normalized spacial score (nSPS) is 13.0. The number of nitrogen functional groups attached to an aromatic ring is 1. The zero-order valence-electron chi connectivity index (χ0n) is 13.6. The molecule has 0 aliphatic heterocycles. The fourth-order valence-electron chi connectivity index (χ4n) is 3.45. The predicted octanol–water partition coefficient (Wildman–Crippen LogP) is 3.86. The van der Waals surface area contributed by atoms with Gasteiger partial charge in [-0.05, 0) is 41.7 Å². The van der Waals surface area contributed by atoms with Crippen molar-refractivity contribution in [2.45, 2.75) is 32.6 Å². The van der Waals surface area contributed by atoms with E-state index in [2.05, 4.69) is 60.4 Å². The van der Waals surface area contributed by atoms with Gasteiger partial charge in [0.2, 0.25) is 5.89 Å². The third-order valence-electron chi connectivity index (χ3n) is 4.79. The number of nitrogens with two attached hydrogens (primary N) is 1. The van der Waals surface area contributed by atoms with Crippen LogP contribution in [-0.4, -0.2) is 10.1 Å². The number of nitrogens with zero attached hydrogens (tertiary/aromatic N) is 2. The highest BCUT2D eigenvalue weighted by molar-refractivity contribution is 5.83. The molecule has 0 unspecified atom stereocenters. The van der Waals surface area contributed by atoms with Gasteiger partial charge in [-0.1, -0.05) is 41.6 Å². The van der Waals surface area contributed by atoms with E-state index in [0.717, 1.165) is 17.7 Å². The van der Waals surface area contributed by atoms with Crippen LogP contribution in [0.4, 0.5) is 5.69 Å². The van der Waals surface area contributed by atoms with Crippen molar-refractivity contribution < 1.29 is 4.52 Å². The summed E-state index contributed by atoms with van der Waals surface area (Å²) in [5.74, 6) is 1.23. The number of aromatic nitrogens is 2. The van der Waals surface area contributed by atoms with Gasteiger partial charge in [0.25, 0.3) is 0 Å². The van der Waals surface area contributed by atoms with Crippen molar-refractivity contribution in [2.24, 2.45) is 0 Å². The van der Waals surface area contributed by atoms with Crippen LogP contribution >= 0.6 is 0 Å². The Hall–Kier alpha value is -2.62. The SMILES string of the molecule is Cc1nc(C(C)(C)c2ccc3c(c2N)Cc2ccccc2-3)no1. The largest absolute Gasteiger partial charge is 0.398 e. The fourth-order valence-corrected chi connectivity index (χ4v) is 3.45. The lowest BCUT2D eigenvalue weighted by Gasteiger charge is -2.24. The standard InChI is InChI=1S/C19H19N3O/c1-11-21-18(22-23-11)19(2,3)16-9-8-14-13-7-5-4-6-12(13)10-15(14)17(16)20/h4-9H,10,20H2,1-3H3. The average Bonchev–Trinajstić information content (AvgIpc) is 3.12. The fraction of sp³-hybridized carbons (Fsp3) is 0.263. The molecule has 23 heavy (non-hydrogen) atoms. The molecule has 0 saturated carbocycles. The molecule has 1 aliphatic carbocycles. The van der Waals surface area contributed by atoms with Crippen molar-refractivity contribution in [2.75, 3.05) is 5.73 Å². The first kappa shape index (κ1) is 14.0. The Morgan fingerprint density at radius 2 is 1.87 bits per heavy atom. The summed E-state index contributed by atoms with van der Waals surface area (Å²) in [7, 11) is 0. The van der Waals surface area contributed by atoms with Crippen LogP contribution in [-0.2, 0) is 11.8 Å². The van der Waals surface area contributed by atoms with E-state index < -0.39 is 5.41 Å². The van der Waals surface area contributed by atoms with Crippen molar-refractivity contribution in [1.29, 1.82) is 0 Å². The number of rotatable bonds is 2. The topological polar surface area (TPSA) is 64.9 Å². The molecule has 4 nitrogen and oxygen atoms in total. The van der Waals surface area contributed by atoms with Crippen LogP contribution in [0.3, 0.4) is 0 Å². The minimum absolute atomic E-state index is 0.397. The summed E-state index contributed by atoms with van der Waals surface area (Å²) in [5, 5.41) is 4.10. The molecule has 3 aromatic rings. The smallest absolute Gasteiger partial charge is 0.223 e. The van der Waals surface area contributed by atoms with Gasteiger partial charge in [0.1, 0.15) is 0 Å². The second-order valence-corrected chi connectivity index (χ2v) is 6.65. The van der Waals surface area contributed by atoms with Crippen LogP contribution in [0.5, 0.6) is 0 Å².